The van der Waals surface area contributed by atoms with E-state index in [1.165, 1.54) is 0 Å². The van der Waals surface area contributed by atoms with Gasteiger partial charge in [-0.05, 0) is 44.4 Å². The lowest BCUT2D eigenvalue weighted by molar-refractivity contribution is -0.119. The first-order valence-electron chi connectivity index (χ1n) is 6.67. The first-order valence-corrected chi connectivity index (χ1v) is 6.67. The van der Waals surface area contributed by atoms with Crippen LogP contribution < -0.4 is 14.8 Å². The van der Waals surface area contributed by atoms with Crippen molar-refractivity contribution in [1.82, 2.24) is 5.32 Å². The summed E-state index contributed by atoms with van der Waals surface area (Å²) >= 11 is 0. The number of benzene rings is 1. The second-order valence-corrected chi connectivity index (χ2v) is 5.20. The van der Waals surface area contributed by atoms with E-state index in [4.69, 9.17) is 9.47 Å². The van der Waals surface area contributed by atoms with Gasteiger partial charge in [-0.25, -0.2) is 0 Å². The lowest BCUT2D eigenvalue weighted by atomic mass is 9.91. The van der Waals surface area contributed by atoms with Crippen LogP contribution in [-0.2, 0) is 11.2 Å². The molecular formula is C15H21NO3. The summed E-state index contributed by atoms with van der Waals surface area (Å²) in [5.41, 5.74) is 1.00. The van der Waals surface area contributed by atoms with Crippen molar-refractivity contribution in [2.24, 2.45) is 0 Å². The Labute approximate surface area is 114 Å². The number of nitrogens with one attached hydrogen (secondary N) is 1. The molecular weight excluding hydrogens is 242 g/mol. The summed E-state index contributed by atoms with van der Waals surface area (Å²) < 4.78 is 10.8. The standard InChI is InChI=1S/C15H21NO3/c1-4-19-13-9-11(5-6-12(13)18-3)10-15(2)8-7-14(17)16-15/h5-6,9H,4,7-8,10H2,1-3H3,(H,16,17). The van der Waals surface area contributed by atoms with Crippen LogP contribution in [0.5, 0.6) is 11.5 Å². The van der Waals surface area contributed by atoms with Gasteiger partial charge in [-0.15, -0.1) is 0 Å². The molecule has 1 saturated heterocycles. The third-order valence-electron chi connectivity index (χ3n) is 3.47. The average Bonchev–Trinajstić information content (AvgIpc) is 2.70. The molecule has 1 unspecified atom stereocenters. The molecule has 1 fully saturated rings. The third kappa shape index (κ3) is 3.19. The highest BCUT2D eigenvalue weighted by Gasteiger charge is 2.33. The van der Waals surface area contributed by atoms with E-state index < -0.39 is 0 Å². The van der Waals surface area contributed by atoms with Gasteiger partial charge in [0, 0.05) is 12.0 Å². The summed E-state index contributed by atoms with van der Waals surface area (Å²) in [4.78, 5) is 11.4. The first-order chi connectivity index (χ1) is 9.06. The fourth-order valence-corrected chi connectivity index (χ4v) is 2.53. The maximum atomic E-state index is 11.4. The second-order valence-electron chi connectivity index (χ2n) is 5.20. The molecule has 1 amide bonds. The fourth-order valence-electron chi connectivity index (χ4n) is 2.53. The molecule has 1 aromatic rings. The smallest absolute Gasteiger partial charge is 0.220 e. The highest BCUT2D eigenvalue weighted by molar-refractivity contribution is 5.79. The predicted molar refractivity (Wildman–Crippen MR) is 73.6 cm³/mol. The number of hydrogen-bond acceptors (Lipinski definition) is 3. The van der Waals surface area contributed by atoms with Gasteiger partial charge in [-0.1, -0.05) is 6.07 Å². The van der Waals surface area contributed by atoms with Crippen LogP contribution in [0, 0.1) is 0 Å². The van der Waals surface area contributed by atoms with Gasteiger partial charge in [0.15, 0.2) is 11.5 Å². The van der Waals surface area contributed by atoms with Crippen molar-refractivity contribution in [2.75, 3.05) is 13.7 Å². The topological polar surface area (TPSA) is 47.6 Å². The largest absolute Gasteiger partial charge is 0.493 e. The molecule has 104 valence electrons. The van der Waals surface area contributed by atoms with Crippen LogP contribution in [0.2, 0.25) is 0 Å². The van der Waals surface area contributed by atoms with Crippen LogP contribution >= 0.6 is 0 Å². The number of methoxy groups -OCH3 is 1. The first kappa shape index (κ1) is 13.7. The highest BCUT2D eigenvalue weighted by atomic mass is 16.5. The zero-order chi connectivity index (χ0) is 13.9. The number of carbonyl (C=O) groups excluding carboxylic acids is 1. The van der Waals surface area contributed by atoms with Gasteiger partial charge in [-0.3, -0.25) is 4.79 Å². The minimum Gasteiger partial charge on any atom is -0.493 e. The third-order valence-corrected chi connectivity index (χ3v) is 3.47. The van der Waals surface area contributed by atoms with E-state index in [-0.39, 0.29) is 11.4 Å². The Kier molecular flexibility index (Phi) is 3.98. The molecule has 1 heterocycles. The van der Waals surface area contributed by atoms with Crippen molar-refractivity contribution in [3.05, 3.63) is 23.8 Å². The Morgan fingerprint density at radius 3 is 2.74 bits per heavy atom. The fraction of sp³-hybridized carbons (Fsp3) is 0.533. The summed E-state index contributed by atoms with van der Waals surface area (Å²) in [6.45, 7) is 4.64. The molecule has 2 rings (SSSR count). The maximum absolute atomic E-state index is 11.4. The summed E-state index contributed by atoms with van der Waals surface area (Å²) in [5, 5.41) is 3.05. The average molecular weight is 263 g/mol. The number of ether oxygens (including phenoxy) is 2. The molecule has 1 aliphatic rings. The van der Waals surface area contributed by atoms with Gasteiger partial charge < -0.3 is 14.8 Å². The minimum absolute atomic E-state index is 0.140. The summed E-state index contributed by atoms with van der Waals surface area (Å²) in [5.74, 6) is 1.64. The van der Waals surface area contributed by atoms with Crippen molar-refractivity contribution < 1.29 is 14.3 Å². The van der Waals surface area contributed by atoms with Gasteiger partial charge in [-0.2, -0.15) is 0 Å². The molecule has 4 heteroatoms. The molecule has 0 spiro atoms. The van der Waals surface area contributed by atoms with E-state index in [9.17, 15) is 4.79 Å². The summed E-state index contributed by atoms with van der Waals surface area (Å²) in [7, 11) is 1.63. The van der Waals surface area contributed by atoms with Crippen molar-refractivity contribution >= 4 is 5.91 Å². The van der Waals surface area contributed by atoms with Crippen LogP contribution in [0.1, 0.15) is 32.3 Å². The van der Waals surface area contributed by atoms with E-state index in [0.29, 0.717) is 13.0 Å². The molecule has 0 radical (unpaired) electrons. The molecule has 1 N–H and O–H groups in total. The van der Waals surface area contributed by atoms with Crippen LogP contribution in [-0.4, -0.2) is 25.2 Å². The molecule has 0 bridgehead atoms. The Bertz CT molecular complexity index is 472. The maximum Gasteiger partial charge on any atom is 0.220 e. The van der Waals surface area contributed by atoms with Crippen molar-refractivity contribution in [3.8, 4) is 11.5 Å². The molecule has 4 nitrogen and oxygen atoms in total. The predicted octanol–water partition coefficient (Wildman–Crippen LogP) is 2.31. The molecule has 1 atom stereocenters. The van der Waals surface area contributed by atoms with Crippen molar-refractivity contribution in [2.45, 2.75) is 38.6 Å². The molecule has 19 heavy (non-hydrogen) atoms. The van der Waals surface area contributed by atoms with E-state index in [2.05, 4.69) is 12.2 Å². The highest BCUT2D eigenvalue weighted by Crippen LogP contribution is 2.31. The molecule has 1 aliphatic heterocycles. The van der Waals surface area contributed by atoms with Crippen LogP contribution in [0.25, 0.3) is 0 Å². The molecule has 0 saturated carbocycles. The van der Waals surface area contributed by atoms with Gasteiger partial charge in [0.05, 0.1) is 13.7 Å². The zero-order valence-corrected chi connectivity index (χ0v) is 11.8. The van der Waals surface area contributed by atoms with Crippen molar-refractivity contribution in [3.63, 3.8) is 0 Å². The number of carbonyl (C=O) groups is 1. The van der Waals surface area contributed by atoms with E-state index in [0.717, 1.165) is 29.9 Å². The molecule has 0 aromatic heterocycles. The number of amides is 1. The van der Waals surface area contributed by atoms with Gasteiger partial charge in [0.2, 0.25) is 5.91 Å². The lowest BCUT2D eigenvalue weighted by Crippen LogP contribution is -2.40. The second kappa shape index (κ2) is 5.51. The van der Waals surface area contributed by atoms with E-state index in [1.54, 1.807) is 7.11 Å². The van der Waals surface area contributed by atoms with Crippen LogP contribution in [0.15, 0.2) is 18.2 Å². The normalized spacial score (nSPS) is 22.2. The number of rotatable bonds is 5. The minimum atomic E-state index is -0.144. The SMILES string of the molecule is CCOc1cc(CC2(C)CCC(=O)N2)ccc1OC. The van der Waals surface area contributed by atoms with Crippen LogP contribution in [0.4, 0.5) is 0 Å². The Morgan fingerprint density at radius 1 is 1.37 bits per heavy atom. The monoisotopic (exact) mass is 263 g/mol. The van der Waals surface area contributed by atoms with Gasteiger partial charge >= 0.3 is 0 Å². The molecule has 1 aromatic carbocycles. The Balaban J connectivity index is 2.16. The van der Waals surface area contributed by atoms with E-state index >= 15 is 0 Å². The van der Waals surface area contributed by atoms with Crippen molar-refractivity contribution in [1.29, 1.82) is 0 Å². The summed E-state index contributed by atoms with van der Waals surface area (Å²) in [6, 6.07) is 5.94. The summed E-state index contributed by atoms with van der Waals surface area (Å²) in [6.07, 6.45) is 2.30. The van der Waals surface area contributed by atoms with Crippen LogP contribution in [0.3, 0.4) is 0 Å². The molecule has 0 aliphatic carbocycles. The van der Waals surface area contributed by atoms with Gasteiger partial charge in [0.25, 0.3) is 0 Å². The number of hydrogen-bond donors (Lipinski definition) is 1. The Hall–Kier alpha value is -1.71. The lowest BCUT2D eigenvalue weighted by Gasteiger charge is -2.24. The Morgan fingerprint density at radius 2 is 2.16 bits per heavy atom. The quantitative estimate of drug-likeness (QED) is 0.886. The zero-order valence-electron chi connectivity index (χ0n) is 11.8. The van der Waals surface area contributed by atoms with E-state index in [1.807, 2.05) is 25.1 Å². The van der Waals surface area contributed by atoms with Gasteiger partial charge in [0.1, 0.15) is 0 Å².